The quantitative estimate of drug-likeness (QED) is 0.543. The van der Waals surface area contributed by atoms with Crippen LogP contribution in [0, 0.1) is 12.7 Å². The van der Waals surface area contributed by atoms with E-state index in [2.05, 4.69) is 10.1 Å². The van der Waals surface area contributed by atoms with E-state index < -0.39 is 18.3 Å². The fourth-order valence-corrected chi connectivity index (χ4v) is 3.07. The highest BCUT2D eigenvalue weighted by molar-refractivity contribution is 6.05. The van der Waals surface area contributed by atoms with Crippen molar-refractivity contribution in [1.82, 2.24) is 4.90 Å². The van der Waals surface area contributed by atoms with Crippen LogP contribution in [0.3, 0.4) is 0 Å². The van der Waals surface area contributed by atoms with Gasteiger partial charge in [0.05, 0.1) is 5.56 Å². The van der Waals surface area contributed by atoms with Gasteiger partial charge >= 0.3 is 6.61 Å². The molecule has 1 N–H and O–H groups in total. The van der Waals surface area contributed by atoms with Crippen LogP contribution in [0.1, 0.15) is 31.8 Å². The zero-order chi connectivity index (χ0) is 23.3. The predicted octanol–water partition coefficient (Wildman–Crippen LogP) is 5.26. The van der Waals surface area contributed by atoms with Crippen LogP contribution in [0.25, 0.3) is 0 Å². The Labute approximate surface area is 183 Å². The molecule has 0 aliphatic heterocycles. The summed E-state index contributed by atoms with van der Waals surface area (Å²) in [5, 5.41) is 2.65. The van der Waals surface area contributed by atoms with Crippen LogP contribution in [-0.4, -0.2) is 30.4 Å². The maximum atomic E-state index is 13.9. The third-order valence-corrected chi connectivity index (χ3v) is 4.77. The summed E-state index contributed by atoms with van der Waals surface area (Å²) in [7, 11) is 1.60. The smallest absolute Gasteiger partial charge is 0.387 e. The highest BCUT2D eigenvalue weighted by Crippen LogP contribution is 2.21. The second-order valence-corrected chi connectivity index (χ2v) is 7.15. The van der Waals surface area contributed by atoms with Gasteiger partial charge in [0.1, 0.15) is 11.6 Å². The number of aryl methyl sites for hydroxylation is 1. The number of rotatable bonds is 7. The number of amides is 2. The fourth-order valence-electron chi connectivity index (χ4n) is 3.07. The number of nitrogens with zero attached hydrogens (tertiary/aromatic N) is 1. The van der Waals surface area contributed by atoms with Crippen molar-refractivity contribution in [1.29, 1.82) is 0 Å². The number of hydrogen-bond donors (Lipinski definition) is 1. The van der Waals surface area contributed by atoms with Crippen molar-refractivity contribution in [2.75, 3.05) is 12.4 Å². The second-order valence-electron chi connectivity index (χ2n) is 7.15. The third-order valence-electron chi connectivity index (χ3n) is 4.77. The molecule has 0 aliphatic carbocycles. The van der Waals surface area contributed by atoms with Gasteiger partial charge in [-0.15, -0.1) is 0 Å². The summed E-state index contributed by atoms with van der Waals surface area (Å²) >= 11 is 0. The summed E-state index contributed by atoms with van der Waals surface area (Å²) in [5.74, 6) is -1.53. The van der Waals surface area contributed by atoms with E-state index in [-0.39, 0.29) is 23.8 Å². The van der Waals surface area contributed by atoms with Crippen LogP contribution < -0.4 is 10.1 Å². The van der Waals surface area contributed by atoms with Crippen LogP contribution in [-0.2, 0) is 6.54 Å². The van der Waals surface area contributed by atoms with E-state index in [9.17, 15) is 22.8 Å². The molecule has 0 spiro atoms. The average molecular weight is 442 g/mol. The third kappa shape index (κ3) is 5.66. The van der Waals surface area contributed by atoms with Crippen LogP contribution in [0.4, 0.5) is 18.9 Å². The van der Waals surface area contributed by atoms with Crippen molar-refractivity contribution in [3.8, 4) is 5.75 Å². The molecule has 3 aromatic carbocycles. The monoisotopic (exact) mass is 442 g/mol. The van der Waals surface area contributed by atoms with Gasteiger partial charge in [-0.25, -0.2) is 4.39 Å². The molecule has 8 heteroatoms. The number of halogens is 3. The summed E-state index contributed by atoms with van der Waals surface area (Å²) in [6, 6.07) is 16.5. The van der Waals surface area contributed by atoms with Crippen LogP contribution in [0.5, 0.6) is 5.75 Å². The molecule has 5 nitrogen and oxygen atoms in total. The molecule has 0 radical (unpaired) electrons. The number of nitrogens with one attached hydrogen (secondary N) is 1. The Hall–Kier alpha value is -3.81. The molecule has 2 amide bonds. The van der Waals surface area contributed by atoms with Gasteiger partial charge in [0.15, 0.2) is 0 Å². The summed E-state index contributed by atoms with van der Waals surface area (Å²) in [6.07, 6.45) is 0. The van der Waals surface area contributed by atoms with E-state index in [0.717, 1.165) is 5.56 Å². The maximum Gasteiger partial charge on any atom is 0.387 e. The maximum absolute atomic E-state index is 13.9. The largest absolute Gasteiger partial charge is 0.435 e. The Kier molecular flexibility index (Phi) is 7.14. The number of hydrogen-bond acceptors (Lipinski definition) is 3. The van der Waals surface area contributed by atoms with E-state index in [4.69, 9.17) is 0 Å². The number of ether oxygens (including phenoxy) is 1. The minimum absolute atomic E-state index is 0.0338. The number of alkyl halides is 2. The highest BCUT2D eigenvalue weighted by Gasteiger charge is 2.16. The molecule has 0 saturated carbocycles. The van der Waals surface area contributed by atoms with Crippen LogP contribution in [0.15, 0.2) is 66.7 Å². The molecule has 0 saturated heterocycles. The molecule has 3 aromatic rings. The van der Waals surface area contributed by atoms with Gasteiger partial charge < -0.3 is 15.0 Å². The van der Waals surface area contributed by atoms with Crippen molar-refractivity contribution < 1.29 is 27.5 Å². The molecular weight excluding hydrogens is 421 g/mol. The zero-order valence-corrected chi connectivity index (χ0v) is 17.4. The number of anilines is 1. The summed E-state index contributed by atoms with van der Waals surface area (Å²) in [4.78, 5) is 26.8. The molecule has 0 unspecified atom stereocenters. The lowest BCUT2D eigenvalue weighted by Crippen LogP contribution is -2.26. The van der Waals surface area contributed by atoms with Crippen LogP contribution in [0.2, 0.25) is 0 Å². The second kappa shape index (κ2) is 10.00. The van der Waals surface area contributed by atoms with Gasteiger partial charge in [-0.2, -0.15) is 8.78 Å². The summed E-state index contributed by atoms with van der Waals surface area (Å²) < 4.78 is 42.7. The Morgan fingerprint density at radius 3 is 2.38 bits per heavy atom. The normalized spacial score (nSPS) is 10.7. The lowest BCUT2D eigenvalue weighted by atomic mass is 10.1. The molecule has 0 heterocycles. The number of carbonyl (C=O) groups excluding carboxylic acids is 2. The first-order valence-corrected chi connectivity index (χ1v) is 9.70. The van der Waals surface area contributed by atoms with Gasteiger partial charge in [-0.05, 0) is 54.4 Å². The Morgan fingerprint density at radius 2 is 1.72 bits per heavy atom. The minimum Gasteiger partial charge on any atom is -0.435 e. The summed E-state index contributed by atoms with van der Waals surface area (Å²) in [6.45, 7) is -0.906. The average Bonchev–Trinajstić information content (AvgIpc) is 2.76. The first kappa shape index (κ1) is 22.9. The van der Waals surface area contributed by atoms with E-state index in [1.165, 1.54) is 41.3 Å². The van der Waals surface area contributed by atoms with Gasteiger partial charge in [0.25, 0.3) is 11.8 Å². The molecule has 32 heavy (non-hydrogen) atoms. The van der Waals surface area contributed by atoms with Crippen molar-refractivity contribution in [2.24, 2.45) is 0 Å². The highest BCUT2D eigenvalue weighted by atomic mass is 19.3. The Morgan fingerprint density at radius 1 is 1.03 bits per heavy atom. The molecule has 0 fully saturated rings. The molecule has 0 aromatic heterocycles. The van der Waals surface area contributed by atoms with Crippen molar-refractivity contribution in [3.05, 3.63) is 94.8 Å². The summed E-state index contributed by atoms with van der Waals surface area (Å²) in [5.41, 5.74) is 2.07. The number of carbonyl (C=O) groups is 2. The van der Waals surface area contributed by atoms with E-state index in [0.29, 0.717) is 16.8 Å². The molecular formula is C24H21F3N2O3. The van der Waals surface area contributed by atoms with Crippen molar-refractivity contribution >= 4 is 17.5 Å². The van der Waals surface area contributed by atoms with Crippen molar-refractivity contribution in [2.45, 2.75) is 20.1 Å². The van der Waals surface area contributed by atoms with E-state index in [1.807, 2.05) is 0 Å². The van der Waals surface area contributed by atoms with Crippen LogP contribution >= 0.6 is 0 Å². The van der Waals surface area contributed by atoms with Gasteiger partial charge in [0, 0.05) is 24.8 Å². The SMILES string of the molecule is Cc1ccc(C(=O)N(C)Cc2ccc(OC(F)F)cc2)cc1NC(=O)c1ccccc1F. The molecule has 166 valence electrons. The fraction of sp³-hybridized carbons (Fsp3) is 0.167. The molecule has 3 rings (SSSR count). The molecule has 0 bridgehead atoms. The minimum atomic E-state index is -2.90. The first-order chi connectivity index (χ1) is 15.2. The van der Waals surface area contributed by atoms with Gasteiger partial charge in [0.2, 0.25) is 0 Å². The van der Waals surface area contributed by atoms with Crippen molar-refractivity contribution in [3.63, 3.8) is 0 Å². The van der Waals surface area contributed by atoms with Gasteiger partial charge in [-0.3, -0.25) is 9.59 Å². The standard InChI is InChI=1S/C24H21F3N2O3/c1-15-7-10-17(13-21(15)28-22(30)19-5-3-4-6-20(19)25)23(31)29(2)14-16-8-11-18(12-9-16)32-24(26)27/h3-13,24H,14H2,1-2H3,(H,28,30). The zero-order valence-electron chi connectivity index (χ0n) is 17.4. The molecule has 0 aliphatic rings. The topological polar surface area (TPSA) is 58.6 Å². The predicted molar refractivity (Wildman–Crippen MR) is 114 cm³/mol. The lowest BCUT2D eigenvalue weighted by molar-refractivity contribution is -0.0498. The number of benzene rings is 3. The van der Waals surface area contributed by atoms with Gasteiger partial charge in [-0.1, -0.05) is 30.3 Å². The lowest BCUT2D eigenvalue weighted by Gasteiger charge is -2.19. The molecule has 0 atom stereocenters. The van der Waals surface area contributed by atoms with E-state index >= 15 is 0 Å². The van der Waals surface area contributed by atoms with E-state index in [1.54, 1.807) is 44.3 Å². The Bertz CT molecular complexity index is 1120. The Balaban J connectivity index is 1.71. The first-order valence-electron chi connectivity index (χ1n) is 9.70.